The lowest BCUT2D eigenvalue weighted by molar-refractivity contribution is 0.117. The van der Waals surface area contributed by atoms with E-state index >= 15 is 0 Å². The van der Waals surface area contributed by atoms with E-state index in [1.807, 2.05) is 56.3 Å². The minimum absolute atomic E-state index is 0.388. The van der Waals surface area contributed by atoms with Crippen LogP contribution in [0.5, 0.6) is 0 Å². The lowest BCUT2D eigenvalue weighted by Crippen LogP contribution is -2.31. The second-order valence-electron chi connectivity index (χ2n) is 9.72. The van der Waals surface area contributed by atoms with E-state index in [1.54, 1.807) is 12.4 Å². The van der Waals surface area contributed by atoms with Gasteiger partial charge in [-0.3, -0.25) is 9.97 Å². The average molecular weight is 480 g/mol. The van der Waals surface area contributed by atoms with Gasteiger partial charge >= 0.3 is 0 Å². The number of rotatable bonds is 5. The summed E-state index contributed by atoms with van der Waals surface area (Å²) in [6.07, 6.45) is 9.33. The van der Waals surface area contributed by atoms with Gasteiger partial charge in [-0.15, -0.1) is 0 Å². The number of nitrogens with zero attached hydrogens (tertiary/aromatic N) is 4. The Morgan fingerprint density at radius 2 is 1.64 bits per heavy atom. The molecule has 36 heavy (non-hydrogen) atoms. The van der Waals surface area contributed by atoms with Crippen molar-refractivity contribution in [2.24, 2.45) is 0 Å². The van der Waals surface area contributed by atoms with Gasteiger partial charge in [-0.05, 0) is 68.7 Å². The van der Waals surface area contributed by atoms with Crippen molar-refractivity contribution in [3.63, 3.8) is 0 Å². The molecule has 1 aliphatic rings. The quantitative estimate of drug-likeness (QED) is 0.323. The van der Waals surface area contributed by atoms with Gasteiger partial charge in [0, 0.05) is 29.4 Å². The van der Waals surface area contributed by atoms with Crippen LogP contribution in [-0.4, -0.2) is 30.2 Å². The predicted octanol–water partition coefficient (Wildman–Crippen LogP) is 5.96. The number of imidazole rings is 1. The van der Waals surface area contributed by atoms with Crippen LogP contribution >= 0.6 is 0 Å². The summed E-state index contributed by atoms with van der Waals surface area (Å²) in [5.74, 6) is 2.09. The Bertz CT molecular complexity index is 1440. The van der Waals surface area contributed by atoms with Crippen molar-refractivity contribution < 1.29 is 9.63 Å². The van der Waals surface area contributed by atoms with Gasteiger partial charge in [0.15, 0.2) is 5.60 Å². The molecule has 0 bridgehead atoms. The van der Waals surface area contributed by atoms with Crippen molar-refractivity contribution in [1.29, 1.82) is 0 Å². The number of fused-ring (bicyclic) bond motifs is 1. The summed E-state index contributed by atoms with van der Waals surface area (Å²) in [4.78, 5) is 17.9. The Labute approximate surface area is 209 Å². The Kier molecular flexibility index (Phi) is 5.64. The largest absolute Gasteiger partial charge is 0.373 e. The fraction of sp³-hybridized carbons (Fsp3) is 0.310. The second-order valence-corrected chi connectivity index (χ2v) is 9.72. The van der Waals surface area contributed by atoms with Gasteiger partial charge in [0.25, 0.3) is 0 Å². The first kappa shape index (κ1) is 22.6. The van der Waals surface area contributed by atoms with Crippen LogP contribution in [0.15, 0.2) is 65.4 Å². The Balaban J connectivity index is 1.66. The zero-order valence-corrected chi connectivity index (χ0v) is 20.5. The van der Waals surface area contributed by atoms with E-state index in [-0.39, 0.29) is 0 Å². The molecule has 4 heterocycles. The van der Waals surface area contributed by atoms with E-state index in [0.29, 0.717) is 22.9 Å². The topological polar surface area (TPSA) is 101 Å². The Morgan fingerprint density at radius 3 is 2.22 bits per heavy atom. The second kappa shape index (κ2) is 8.99. The lowest BCUT2D eigenvalue weighted by Gasteiger charge is -2.28. The number of aliphatic hydroxyl groups is 1. The normalized spacial score (nSPS) is 15.0. The highest BCUT2D eigenvalue weighted by molar-refractivity contribution is 5.88. The number of hydrogen-bond acceptors (Lipinski definition) is 6. The van der Waals surface area contributed by atoms with Crippen LogP contribution in [0.4, 0.5) is 0 Å². The molecule has 1 aromatic carbocycles. The molecule has 1 saturated carbocycles. The van der Waals surface area contributed by atoms with Crippen molar-refractivity contribution in [3.8, 4) is 11.1 Å². The third-order valence-corrected chi connectivity index (χ3v) is 7.38. The summed E-state index contributed by atoms with van der Waals surface area (Å²) in [6, 6.07) is 15.2. The number of aromatic nitrogens is 5. The number of aryl methyl sites for hydroxylation is 2. The maximum atomic E-state index is 12.6. The zero-order chi connectivity index (χ0) is 24.7. The van der Waals surface area contributed by atoms with Crippen molar-refractivity contribution in [2.45, 2.75) is 57.5 Å². The number of pyridine rings is 2. The van der Waals surface area contributed by atoms with Crippen LogP contribution in [-0.2, 0) is 5.60 Å². The number of aromatic amines is 1. The first-order chi connectivity index (χ1) is 17.6. The minimum Gasteiger partial charge on any atom is -0.373 e. The molecule has 0 spiro atoms. The van der Waals surface area contributed by atoms with Crippen molar-refractivity contribution in [1.82, 2.24) is 25.1 Å². The summed E-state index contributed by atoms with van der Waals surface area (Å²) in [6.45, 7) is 3.84. The van der Waals surface area contributed by atoms with Gasteiger partial charge in [-0.1, -0.05) is 36.6 Å². The molecule has 7 nitrogen and oxygen atoms in total. The van der Waals surface area contributed by atoms with Crippen LogP contribution in [0.3, 0.4) is 0 Å². The van der Waals surface area contributed by atoms with Gasteiger partial charge in [0.05, 0.1) is 28.1 Å². The van der Waals surface area contributed by atoms with Crippen LogP contribution in [0.2, 0.25) is 0 Å². The fourth-order valence-corrected chi connectivity index (χ4v) is 5.58. The highest BCUT2D eigenvalue weighted by atomic mass is 16.5. The third-order valence-electron chi connectivity index (χ3n) is 7.38. The predicted molar refractivity (Wildman–Crippen MR) is 137 cm³/mol. The molecule has 0 unspecified atom stereocenters. The van der Waals surface area contributed by atoms with Gasteiger partial charge < -0.3 is 14.6 Å². The zero-order valence-electron chi connectivity index (χ0n) is 20.5. The highest BCUT2D eigenvalue weighted by Crippen LogP contribution is 2.42. The van der Waals surface area contributed by atoms with Crippen LogP contribution in [0.25, 0.3) is 22.2 Å². The molecule has 0 saturated heterocycles. The van der Waals surface area contributed by atoms with E-state index in [0.717, 1.165) is 52.3 Å². The molecule has 7 heteroatoms. The van der Waals surface area contributed by atoms with Crippen molar-refractivity contribution in [2.75, 3.05) is 0 Å². The minimum atomic E-state index is -1.62. The molecule has 0 aliphatic heterocycles. The summed E-state index contributed by atoms with van der Waals surface area (Å²) >= 11 is 0. The summed E-state index contributed by atoms with van der Waals surface area (Å²) in [5, 5.41) is 16.8. The molecule has 6 rings (SSSR count). The average Bonchev–Trinajstić information content (AvgIpc) is 3.51. The maximum Gasteiger partial charge on any atom is 0.176 e. The molecule has 0 amide bonds. The summed E-state index contributed by atoms with van der Waals surface area (Å²) < 4.78 is 5.49. The lowest BCUT2D eigenvalue weighted by atomic mass is 9.83. The van der Waals surface area contributed by atoms with Crippen molar-refractivity contribution in [3.05, 3.63) is 95.2 Å². The fourth-order valence-electron chi connectivity index (χ4n) is 5.58. The maximum absolute atomic E-state index is 12.6. The van der Waals surface area contributed by atoms with Gasteiger partial charge in [-0.2, -0.15) is 0 Å². The van der Waals surface area contributed by atoms with Crippen molar-refractivity contribution >= 4 is 11.0 Å². The van der Waals surface area contributed by atoms with E-state index < -0.39 is 5.60 Å². The number of H-pyrrole nitrogens is 1. The van der Waals surface area contributed by atoms with E-state index in [9.17, 15) is 5.11 Å². The third kappa shape index (κ3) is 3.71. The molecule has 4 aromatic heterocycles. The van der Waals surface area contributed by atoms with Gasteiger partial charge in [0.1, 0.15) is 11.6 Å². The SMILES string of the molecule is Cc1noc(C)c1-c1cc(C(O)(c2ccccn2)c2ccccn2)c2nc(C3CCCCC3)[nH]c2c1. The molecule has 2 N–H and O–H groups in total. The first-order valence-electron chi connectivity index (χ1n) is 12.6. The smallest absolute Gasteiger partial charge is 0.176 e. The number of nitrogens with one attached hydrogen (secondary N) is 1. The van der Waals surface area contributed by atoms with Crippen LogP contribution < -0.4 is 0 Å². The van der Waals surface area contributed by atoms with Crippen LogP contribution in [0.1, 0.15) is 72.3 Å². The Hall–Kier alpha value is -3.84. The molecule has 5 aromatic rings. The highest BCUT2D eigenvalue weighted by Gasteiger charge is 2.40. The summed E-state index contributed by atoms with van der Waals surface area (Å²) in [7, 11) is 0. The van der Waals surface area contributed by atoms with Gasteiger partial charge in [-0.25, -0.2) is 4.98 Å². The Morgan fingerprint density at radius 1 is 0.944 bits per heavy atom. The monoisotopic (exact) mass is 479 g/mol. The first-order valence-corrected chi connectivity index (χ1v) is 12.6. The van der Waals surface area contributed by atoms with E-state index in [4.69, 9.17) is 9.51 Å². The number of hydrogen-bond donors (Lipinski definition) is 2. The molecule has 1 aliphatic carbocycles. The standard InChI is InChI=1S/C29H29N5O2/c1-18-26(19(2)36-34-18)21-16-22(27-23(17-21)32-28(33-27)20-10-4-3-5-11-20)29(35,24-12-6-8-14-30-24)25-13-7-9-15-31-25/h6-9,12-17,20,35H,3-5,10-11H2,1-2H3,(H,32,33). The molecule has 0 atom stereocenters. The van der Waals surface area contributed by atoms with Crippen LogP contribution in [0, 0.1) is 13.8 Å². The molecule has 182 valence electrons. The van der Waals surface area contributed by atoms with Gasteiger partial charge in [0.2, 0.25) is 0 Å². The molecular weight excluding hydrogens is 450 g/mol. The number of benzene rings is 1. The summed E-state index contributed by atoms with van der Waals surface area (Å²) in [5.41, 5.74) is 4.20. The van der Waals surface area contributed by atoms with E-state index in [1.165, 1.54) is 19.3 Å². The van der Waals surface area contributed by atoms with E-state index in [2.05, 4.69) is 26.2 Å². The molecule has 0 radical (unpaired) electrons. The molecule has 1 fully saturated rings. The molecular formula is C29H29N5O2.